The van der Waals surface area contributed by atoms with Gasteiger partial charge in [0.15, 0.2) is 0 Å². The van der Waals surface area contributed by atoms with Gasteiger partial charge < -0.3 is 9.47 Å². The van der Waals surface area contributed by atoms with Crippen LogP contribution in [0.15, 0.2) is 18.2 Å². The molecule has 0 aliphatic rings. The number of ether oxygens (including phenoxy) is 2. The van der Waals surface area contributed by atoms with Gasteiger partial charge in [0, 0.05) is 15.2 Å². The van der Waals surface area contributed by atoms with Gasteiger partial charge in [-0.2, -0.15) is 0 Å². The average molecular weight is 327 g/mol. The molecule has 0 heterocycles. The van der Waals surface area contributed by atoms with Gasteiger partial charge in [0.25, 0.3) is 0 Å². The SMILES string of the molecule is CCOCOCc1cc(Cl)ccc1I. The second kappa shape index (κ2) is 6.61. The highest BCUT2D eigenvalue weighted by atomic mass is 127. The monoisotopic (exact) mass is 326 g/mol. The van der Waals surface area contributed by atoms with Crippen molar-refractivity contribution >= 4 is 34.2 Å². The zero-order valence-electron chi connectivity index (χ0n) is 7.93. The third-order valence-corrected chi connectivity index (χ3v) is 2.92. The number of hydrogen-bond acceptors (Lipinski definition) is 2. The molecule has 14 heavy (non-hydrogen) atoms. The molecule has 0 radical (unpaired) electrons. The summed E-state index contributed by atoms with van der Waals surface area (Å²) in [4.78, 5) is 0. The van der Waals surface area contributed by atoms with Crippen molar-refractivity contribution in [3.63, 3.8) is 0 Å². The molecule has 1 aromatic carbocycles. The first-order valence-corrected chi connectivity index (χ1v) is 5.79. The normalized spacial score (nSPS) is 10.5. The number of hydrogen-bond donors (Lipinski definition) is 0. The Labute approximate surface area is 103 Å². The van der Waals surface area contributed by atoms with Gasteiger partial charge in [-0.25, -0.2) is 0 Å². The van der Waals surface area contributed by atoms with Crippen molar-refractivity contribution < 1.29 is 9.47 Å². The maximum atomic E-state index is 5.87. The van der Waals surface area contributed by atoms with Crippen LogP contribution < -0.4 is 0 Å². The summed E-state index contributed by atoms with van der Waals surface area (Å²) < 4.78 is 11.5. The van der Waals surface area contributed by atoms with Crippen molar-refractivity contribution in [3.05, 3.63) is 32.4 Å². The lowest BCUT2D eigenvalue weighted by atomic mass is 10.2. The van der Waals surface area contributed by atoms with Crippen molar-refractivity contribution in [2.75, 3.05) is 13.4 Å². The molecule has 4 heteroatoms. The fourth-order valence-corrected chi connectivity index (χ4v) is 1.63. The predicted octanol–water partition coefficient (Wildman–Crippen LogP) is 3.46. The topological polar surface area (TPSA) is 18.5 Å². The van der Waals surface area contributed by atoms with E-state index in [1.807, 2.05) is 25.1 Å². The second-order valence-electron chi connectivity index (χ2n) is 2.69. The molecule has 0 saturated carbocycles. The Morgan fingerprint density at radius 2 is 2.14 bits per heavy atom. The van der Waals surface area contributed by atoms with Crippen LogP contribution in [0.2, 0.25) is 5.02 Å². The zero-order valence-corrected chi connectivity index (χ0v) is 10.8. The van der Waals surface area contributed by atoms with Crippen molar-refractivity contribution in [2.45, 2.75) is 13.5 Å². The molecule has 0 spiro atoms. The minimum Gasteiger partial charge on any atom is -0.356 e. The summed E-state index contributed by atoms with van der Waals surface area (Å²) in [6.45, 7) is 3.48. The lowest BCUT2D eigenvalue weighted by Gasteiger charge is -2.06. The van der Waals surface area contributed by atoms with Gasteiger partial charge in [0.1, 0.15) is 6.79 Å². The second-order valence-corrected chi connectivity index (χ2v) is 4.29. The number of halogens is 2. The minimum absolute atomic E-state index is 0.332. The summed E-state index contributed by atoms with van der Waals surface area (Å²) >= 11 is 8.13. The Hall–Kier alpha value is 0.160. The van der Waals surface area contributed by atoms with Gasteiger partial charge in [0.2, 0.25) is 0 Å². The average Bonchev–Trinajstić information content (AvgIpc) is 2.18. The molecule has 0 amide bonds. The van der Waals surface area contributed by atoms with E-state index in [0.29, 0.717) is 20.0 Å². The molecular weight excluding hydrogens is 314 g/mol. The van der Waals surface area contributed by atoms with Crippen molar-refractivity contribution in [1.29, 1.82) is 0 Å². The highest BCUT2D eigenvalue weighted by Crippen LogP contribution is 2.18. The molecule has 0 aromatic heterocycles. The van der Waals surface area contributed by atoms with E-state index in [0.717, 1.165) is 14.2 Å². The summed E-state index contributed by atoms with van der Waals surface area (Å²) in [7, 11) is 0. The Bertz CT molecular complexity index is 291. The Balaban J connectivity index is 2.45. The van der Waals surface area contributed by atoms with E-state index in [1.54, 1.807) is 0 Å². The van der Waals surface area contributed by atoms with Crippen LogP contribution in [0.4, 0.5) is 0 Å². The lowest BCUT2D eigenvalue weighted by molar-refractivity contribution is -0.0573. The van der Waals surface area contributed by atoms with Crippen LogP contribution in [-0.4, -0.2) is 13.4 Å². The van der Waals surface area contributed by atoms with Crippen LogP contribution in [0, 0.1) is 3.57 Å². The van der Waals surface area contributed by atoms with Gasteiger partial charge in [-0.3, -0.25) is 0 Å². The molecular formula is C10H12ClIO2. The first-order valence-electron chi connectivity index (χ1n) is 4.33. The van der Waals surface area contributed by atoms with Crippen molar-refractivity contribution in [1.82, 2.24) is 0 Å². The molecule has 0 fully saturated rings. The van der Waals surface area contributed by atoms with E-state index in [2.05, 4.69) is 22.6 Å². The molecule has 0 bridgehead atoms. The maximum Gasteiger partial charge on any atom is 0.147 e. The van der Waals surface area contributed by atoms with E-state index < -0.39 is 0 Å². The van der Waals surface area contributed by atoms with Crippen LogP contribution in [0.1, 0.15) is 12.5 Å². The van der Waals surface area contributed by atoms with Crippen molar-refractivity contribution in [3.8, 4) is 0 Å². The molecule has 78 valence electrons. The number of benzene rings is 1. The van der Waals surface area contributed by atoms with Crippen LogP contribution in [0.25, 0.3) is 0 Å². The third kappa shape index (κ3) is 4.13. The van der Waals surface area contributed by atoms with Gasteiger partial charge in [-0.15, -0.1) is 0 Å². The third-order valence-electron chi connectivity index (χ3n) is 1.64. The smallest absolute Gasteiger partial charge is 0.147 e. The molecule has 1 rings (SSSR count). The summed E-state index contributed by atoms with van der Waals surface area (Å²) in [6.07, 6.45) is 0. The van der Waals surface area contributed by atoms with Gasteiger partial charge in [-0.05, 0) is 53.3 Å². The molecule has 0 aliphatic heterocycles. The summed E-state index contributed by atoms with van der Waals surface area (Å²) in [5.74, 6) is 0. The predicted molar refractivity (Wildman–Crippen MR) is 65.5 cm³/mol. The molecule has 2 nitrogen and oxygen atoms in total. The summed E-state index contributed by atoms with van der Waals surface area (Å²) in [5, 5.41) is 0.737. The molecule has 0 N–H and O–H groups in total. The molecule has 0 aliphatic carbocycles. The van der Waals surface area contributed by atoms with E-state index in [1.165, 1.54) is 0 Å². The van der Waals surface area contributed by atoms with Crippen LogP contribution in [0.5, 0.6) is 0 Å². The quantitative estimate of drug-likeness (QED) is 0.469. The van der Waals surface area contributed by atoms with E-state index in [-0.39, 0.29) is 0 Å². The first-order chi connectivity index (χ1) is 6.74. The van der Waals surface area contributed by atoms with Gasteiger partial charge in [0.05, 0.1) is 6.61 Å². The Morgan fingerprint density at radius 1 is 1.36 bits per heavy atom. The Kier molecular flexibility index (Phi) is 5.77. The molecule has 0 atom stereocenters. The molecule has 0 saturated heterocycles. The Morgan fingerprint density at radius 3 is 2.86 bits per heavy atom. The zero-order chi connectivity index (χ0) is 10.4. The van der Waals surface area contributed by atoms with Crippen LogP contribution >= 0.6 is 34.2 Å². The summed E-state index contributed by atoms with van der Waals surface area (Å²) in [5.41, 5.74) is 1.10. The number of rotatable bonds is 5. The van der Waals surface area contributed by atoms with Crippen LogP contribution in [-0.2, 0) is 16.1 Å². The fraction of sp³-hybridized carbons (Fsp3) is 0.400. The van der Waals surface area contributed by atoms with E-state index in [4.69, 9.17) is 21.1 Å². The molecule has 1 aromatic rings. The fourth-order valence-electron chi connectivity index (χ4n) is 0.948. The van der Waals surface area contributed by atoms with E-state index in [9.17, 15) is 0 Å². The van der Waals surface area contributed by atoms with Crippen molar-refractivity contribution in [2.24, 2.45) is 0 Å². The molecule has 0 unspecified atom stereocenters. The van der Waals surface area contributed by atoms with Crippen LogP contribution in [0.3, 0.4) is 0 Å². The minimum atomic E-state index is 0.332. The largest absolute Gasteiger partial charge is 0.356 e. The maximum absolute atomic E-state index is 5.87. The van der Waals surface area contributed by atoms with E-state index >= 15 is 0 Å². The summed E-state index contributed by atoms with van der Waals surface area (Å²) in [6, 6.07) is 5.76. The highest BCUT2D eigenvalue weighted by molar-refractivity contribution is 14.1. The lowest BCUT2D eigenvalue weighted by Crippen LogP contribution is -2.00. The standard InChI is InChI=1S/C10H12ClIO2/c1-2-13-7-14-6-8-5-9(11)3-4-10(8)12/h3-5H,2,6-7H2,1H3. The first kappa shape index (κ1) is 12.2. The van der Waals surface area contributed by atoms with Gasteiger partial charge in [-0.1, -0.05) is 11.6 Å². The highest BCUT2D eigenvalue weighted by Gasteiger charge is 2.00. The van der Waals surface area contributed by atoms with Gasteiger partial charge >= 0.3 is 0 Å².